The first-order chi connectivity index (χ1) is 26.2. The molecule has 1 saturated heterocycles. The van der Waals surface area contributed by atoms with E-state index < -0.39 is 38.2 Å². The van der Waals surface area contributed by atoms with E-state index in [9.17, 15) is 22.8 Å². The SMILES string of the molecule is CCC(C)(C)C.CCC(C)(C)C(=O)OC1C(=O)OC(C)C1C.CCC(C)(C)C(C)OO.CCC(C)(C)CC(=O)O.CCC(C)(C)C[CH-]O.CCC(C)(C)S(=O)(=O)N(C)C.[Rf].[Rf].[Rf]. The number of aliphatic carboxylic acids is 1. The van der Waals surface area contributed by atoms with E-state index in [1.54, 1.807) is 34.9 Å². The van der Waals surface area contributed by atoms with Crippen LogP contribution in [-0.4, -0.2) is 83.3 Å². The predicted octanol–water partition coefficient (Wildman–Crippen LogP) is 12.0. The van der Waals surface area contributed by atoms with Gasteiger partial charge in [0.2, 0.25) is 16.1 Å². The number of carbonyl (C=O) groups excluding carboxylic acids is 2. The molecule has 364 valence electrons. The van der Waals surface area contributed by atoms with Crippen molar-refractivity contribution in [3.05, 3.63) is 6.61 Å². The fourth-order valence-electron chi connectivity index (χ4n) is 3.43. The van der Waals surface area contributed by atoms with Crippen molar-refractivity contribution in [3.63, 3.8) is 0 Å². The summed E-state index contributed by atoms with van der Waals surface area (Å²) in [5.41, 5.74) is 0.321. The van der Waals surface area contributed by atoms with Gasteiger partial charge >= 0.3 is 17.9 Å². The number of carboxylic acids is 1. The van der Waals surface area contributed by atoms with Gasteiger partial charge in [0.25, 0.3) is 0 Å². The number of hydrogen-bond donors (Lipinski definition) is 3. The predicted molar refractivity (Wildman–Crippen MR) is 244 cm³/mol. The largest absolute Gasteiger partial charge is 0.566 e. The molecule has 0 saturated carbocycles. The minimum atomic E-state index is -3.09. The average Bonchev–Trinajstić information content (AvgIpc) is 3.36. The normalized spacial score (nSPS) is 16.9. The van der Waals surface area contributed by atoms with Crippen LogP contribution in [0.4, 0.5) is 0 Å². The molecule has 0 aliphatic carbocycles. The van der Waals surface area contributed by atoms with Gasteiger partial charge in [-0.2, -0.15) is 6.42 Å². The Hall–Kier alpha value is -4.80. The zero-order chi connectivity index (χ0) is 48.6. The smallest absolute Gasteiger partial charge is 0.348 e. The van der Waals surface area contributed by atoms with Gasteiger partial charge in [0.1, 0.15) is 6.10 Å². The molecule has 1 aliphatic heterocycles. The van der Waals surface area contributed by atoms with Crippen LogP contribution in [0.25, 0.3) is 0 Å². The van der Waals surface area contributed by atoms with Crippen LogP contribution in [0, 0.1) is 39.6 Å². The molecular formula is C46H96NO11Rf3S-. The zero-order valence-corrected chi connectivity index (χ0v) is 64.6. The van der Waals surface area contributed by atoms with E-state index in [-0.39, 0.29) is 46.8 Å². The summed E-state index contributed by atoms with van der Waals surface area (Å²) in [6.07, 6.45) is 5.68. The number of carbonyl (C=O) groups is 3. The van der Waals surface area contributed by atoms with Crippen LogP contribution in [0.5, 0.6) is 0 Å². The molecule has 4 unspecified atom stereocenters. The molecule has 62 heavy (non-hydrogen) atoms. The van der Waals surface area contributed by atoms with Gasteiger partial charge in [-0.15, -0.1) is 0 Å². The van der Waals surface area contributed by atoms with Crippen LogP contribution < -0.4 is 0 Å². The Morgan fingerprint density at radius 1 is 0.758 bits per heavy atom. The molecule has 12 nitrogen and oxygen atoms in total. The third kappa shape index (κ3) is 32.0. The Balaban J connectivity index is -0.0000000958. The number of esters is 2. The van der Waals surface area contributed by atoms with Crippen molar-refractivity contribution in [2.75, 3.05) is 14.1 Å². The summed E-state index contributed by atoms with van der Waals surface area (Å²) in [6, 6.07) is 0. The summed E-state index contributed by atoms with van der Waals surface area (Å²) < 4.78 is 33.9. The van der Waals surface area contributed by atoms with Crippen molar-refractivity contribution in [1.29, 1.82) is 0 Å². The van der Waals surface area contributed by atoms with Crippen LogP contribution in [0.1, 0.15) is 204 Å². The number of rotatable bonds is 15. The number of aliphatic hydroxyl groups excluding tert-OH is 1. The molecular weight excluding hydrogens is 1580 g/mol. The van der Waals surface area contributed by atoms with E-state index in [0.717, 1.165) is 25.7 Å². The first-order valence-electron chi connectivity index (χ1n) is 21.6. The number of nitrogens with zero attached hydrogens (tertiary/aromatic N) is 1. The monoisotopic (exact) mass is 1670 g/mol. The van der Waals surface area contributed by atoms with E-state index in [1.165, 1.54) is 17.3 Å². The molecule has 4 atom stereocenters. The topological polar surface area (TPSA) is 177 Å². The quantitative estimate of drug-likeness (QED) is 0.0615. The standard InChI is InChI=1S/C12H20O4.C7H17NO2S.C7H16O2.C7H14O2.C7H15O.C6H14.3Rf/c1-6-12(4,5)11(14)16-9-7(2)8(3)15-10(9)13;1-6-7(2,3)11(9,10)8(4)5;1-5-7(3,4)6(2)9-8;1-4-7(2,3)5-6(8)9;1-4-7(2,3)5-6-8;1-5-6(2,3)4;;;/h7-9H,6H2,1-5H3;6H2,1-5H3;6,8H,5H2,1-4H3;4-5H2,1-3H3,(H,8,9);6,8H,4-5H2,1-3H3;5H2,1-4H3;;;/q;;;;-1;;;;. The Morgan fingerprint density at radius 3 is 1.32 bits per heavy atom. The van der Waals surface area contributed by atoms with Crippen LogP contribution in [0.15, 0.2) is 0 Å². The number of carboxylic acid groups (broad SMARTS) is 1. The molecule has 16 heteroatoms. The van der Waals surface area contributed by atoms with E-state index in [2.05, 4.69) is 74.1 Å². The first-order valence-corrected chi connectivity index (χ1v) is 23.0. The Morgan fingerprint density at radius 2 is 1.16 bits per heavy atom. The second kappa shape index (κ2) is 32.0. The summed E-state index contributed by atoms with van der Waals surface area (Å²) in [5.74, 6) is -1.55. The molecule has 0 amide bonds. The van der Waals surface area contributed by atoms with Crippen LogP contribution in [0.2, 0.25) is 0 Å². The van der Waals surface area contributed by atoms with Gasteiger partial charge in [0.05, 0.1) is 22.7 Å². The fraction of sp³-hybridized carbons (Fsp3) is 0.913. The Kier molecular flexibility index (Phi) is 38.5. The molecule has 1 fully saturated rings. The van der Waals surface area contributed by atoms with Crippen molar-refractivity contribution < 1.29 is 52.6 Å². The summed E-state index contributed by atoms with van der Waals surface area (Å²) in [4.78, 5) is 37.6. The van der Waals surface area contributed by atoms with Crippen molar-refractivity contribution in [3.8, 4) is 0 Å². The van der Waals surface area contributed by atoms with Gasteiger partial charge in [-0.3, -0.25) is 14.8 Å². The van der Waals surface area contributed by atoms with Gasteiger partial charge < -0.3 is 19.7 Å². The molecule has 0 spiro atoms. The van der Waals surface area contributed by atoms with E-state index in [1.807, 2.05) is 62.3 Å². The van der Waals surface area contributed by atoms with Gasteiger partial charge in [-0.25, -0.2) is 29.0 Å². The molecule has 1 rings (SSSR count). The van der Waals surface area contributed by atoms with Crippen molar-refractivity contribution in [2.24, 2.45) is 33.0 Å². The van der Waals surface area contributed by atoms with Crippen LogP contribution in [-0.2, 0) is 38.8 Å². The van der Waals surface area contributed by atoms with Crippen molar-refractivity contribution in [1.82, 2.24) is 4.31 Å². The first kappa shape index (κ1) is 74.6. The van der Waals surface area contributed by atoms with Crippen molar-refractivity contribution >= 4 is 27.9 Å². The summed E-state index contributed by atoms with van der Waals surface area (Å²) in [6.45, 7) is 45.1. The number of ether oxygens (including phenoxy) is 2. The van der Waals surface area contributed by atoms with Crippen molar-refractivity contribution in [2.45, 2.75) is 227 Å². The van der Waals surface area contributed by atoms with Crippen LogP contribution in [0.3, 0.4) is 0 Å². The molecule has 0 aromatic rings. The van der Waals surface area contributed by atoms with Crippen LogP contribution >= 0.6 is 0 Å². The molecule has 0 aromatic heterocycles. The molecule has 3 N–H and O–H groups in total. The molecule has 0 aromatic carbocycles. The maximum atomic E-state index is 11.8. The van der Waals surface area contributed by atoms with Gasteiger partial charge in [-0.05, 0) is 77.0 Å². The average molecular weight is 1670 g/mol. The van der Waals surface area contributed by atoms with E-state index in [0.29, 0.717) is 18.3 Å². The molecule has 1 aliphatic rings. The maximum Gasteiger partial charge on any atom is 0.348 e. The maximum absolute atomic E-state index is 11.8. The molecule has 0 bridgehead atoms. The Bertz CT molecular complexity index is 1270. The minimum Gasteiger partial charge on any atom is -0.566 e. The Labute approximate surface area is 364 Å². The summed E-state index contributed by atoms with van der Waals surface area (Å²) in [5, 5.41) is 25.1. The summed E-state index contributed by atoms with van der Waals surface area (Å²) in [7, 11) is 0.0313. The zero-order valence-electron chi connectivity index (χ0n) is 44.6. The second-order valence-corrected chi connectivity index (χ2v) is 23.2. The number of aliphatic hydroxyl groups is 1. The number of cyclic esters (lactones) is 1. The van der Waals surface area contributed by atoms with E-state index in [4.69, 9.17) is 24.9 Å². The minimum absolute atomic E-state index is 0. The third-order valence-electron chi connectivity index (χ3n) is 11.9. The number of sulfonamides is 1. The third-order valence-corrected chi connectivity index (χ3v) is 14.5. The number of hydrogen-bond acceptors (Lipinski definition) is 10. The molecule has 0 radical (unpaired) electrons. The van der Waals surface area contributed by atoms with Gasteiger partial charge in [-0.1, -0.05) is 135 Å². The van der Waals surface area contributed by atoms with Gasteiger partial charge in [0, 0.05) is 20.0 Å². The summed E-state index contributed by atoms with van der Waals surface area (Å²) >= 11 is 0. The fourth-order valence-corrected chi connectivity index (χ4v) is 4.78. The van der Waals surface area contributed by atoms with Gasteiger partial charge in [0.15, 0.2) is 0 Å². The second-order valence-electron chi connectivity index (χ2n) is 20.5. The molecule has 1 heterocycles. The van der Waals surface area contributed by atoms with E-state index >= 15 is 0 Å².